The number of amides is 2. The molecule has 35 heavy (non-hydrogen) atoms. The van der Waals surface area contributed by atoms with Crippen LogP contribution in [0.5, 0.6) is 0 Å². The van der Waals surface area contributed by atoms with Crippen LogP contribution in [0.25, 0.3) is 17.0 Å². The van der Waals surface area contributed by atoms with Gasteiger partial charge in [-0.25, -0.2) is 0 Å². The molecule has 3 heterocycles. The lowest BCUT2D eigenvalue weighted by Crippen LogP contribution is -2.37. The van der Waals surface area contributed by atoms with Crippen molar-refractivity contribution in [1.29, 1.82) is 0 Å². The first kappa shape index (κ1) is 23.8. The van der Waals surface area contributed by atoms with Crippen molar-refractivity contribution >= 4 is 67.7 Å². The number of carbonyl (C=O) groups excluding carboxylic acids is 2. The second kappa shape index (κ2) is 9.59. The van der Waals surface area contributed by atoms with E-state index in [1.807, 2.05) is 72.0 Å². The first-order valence-corrected chi connectivity index (χ1v) is 13.0. The number of fused-ring (bicyclic) bond motifs is 1. The molecule has 1 aromatic heterocycles. The standard InChI is InChI=1S/C27H27BrN4O2S/c1-17-6-8-21(12-18(17)2)32-26(34)23(29-27(32)35)13-19-15-31(24-9-7-20(28)14-22(19)24)16-25(33)30-10-4-3-5-11-30/h6-9,12-15H,3-5,10-11,16H2,1-2H3,(H,29,35)/b23-13-. The fraction of sp³-hybridized carbons (Fsp3) is 0.296. The van der Waals surface area contributed by atoms with Crippen LogP contribution in [0.4, 0.5) is 5.69 Å². The molecular weight excluding hydrogens is 524 g/mol. The highest BCUT2D eigenvalue weighted by Gasteiger charge is 2.32. The third-order valence-corrected chi connectivity index (χ3v) is 7.59. The largest absolute Gasteiger partial charge is 0.341 e. The van der Waals surface area contributed by atoms with Crippen molar-refractivity contribution < 1.29 is 9.59 Å². The van der Waals surface area contributed by atoms with Gasteiger partial charge in [-0.05, 0) is 92.9 Å². The van der Waals surface area contributed by atoms with Crippen molar-refractivity contribution in [3.8, 4) is 0 Å². The van der Waals surface area contributed by atoms with E-state index in [1.54, 1.807) is 0 Å². The summed E-state index contributed by atoms with van der Waals surface area (Å²) in [5.74, 6) is -0.0700. The normalized spacial score (nSPS) is 17.5. The second-order valence-corrected chi connectivity index (χ2v) is 10.5. The number of anilines is 1. The number of thiocarbonyl (C=S) groups is 1. The van der Waals surface area contributed by atoms with Crippen LogP contribution in [0.3, 0.4) is 0 Å². The summed E-state index contributed by atoms with van der Waals surface area (Å²) in [5.41, 5.74) is 5.22. The van der Waals surface area contributed by atoms with Gasteiger partial charge in [-0.1, -0.05) is 22.0 Å². The van der Waals surface area contributed by atoms with Crippen LogP contribution in [0.1, 0.15) is 36.0 Å². The van der Waals surface area contributed by atoms with Crippen molar-refractivity contribution in [3.05, 3.63) is 69.5 Å². The van der Waals surface area contributed by atoms with Crippen molar-refractivity contribution in [2.75, 3.05) is 18.0 Å². The Morgan fingerprint density at radius 2 is 1.86 bits per heavy atom. The predicted molar refractivity (Wildman–Crippen MR) is 147 cm³/mol. The Hall–Kier alpha value is -2.97. The van der Waals surface area contributed by atoms with Crippen LogP contribution in [-0.4, -0.2) is 39.5 Å². The van der Waals surface area contributed by atoms with Crippen molar-refractivity contribution in [2.24, 2.45) is 0 Å². The maximum absolute atomic E-state index is 13.3. The molecule has 3 aromatic rings. The molecule has 0 spiro atoms. The number of rotatable bonds is 4. The number of nitrogens with zero attached hydrogens (tertiary/aromatic N) is 3. The maximum atomic E-state index is 13.3. The molecule has 2 aliphatic heterocycles. The summed E-state index contributed by atoms with van der Waals surface area (Å²) >= 11 is 9.07. The Balaban J connectivity index is 1.48. The molecule has 5 rings (SSSR count). The lowest BCUT2D eigenvalue weighted by Gasteiger charge is -2.27. The summed E-state index contributed by atoms with van der Waals surface area (Å²) < 4.78 is 2.91. The van der Waals surface area contributed by atoms with Crippen molar-refractivity contribution in [2.45, 2.75) is 39.7 Å². The first-order valence-electron chi connectivity index (χ1n) is 11.8. The van der Waals surface area contributed by atoms with Gasteiger partial charge in [0.1, 0.15) is 12.2 Å². The van der Waals surface area contributed by atoms with E-state index in [9.17, 15) is 9.59 Å². The van der Waals surface area contributed by atoms with Crippen LogP contribution < -0.4 is 10.2 Å². The average Bonchev–Trinajstić information content (AvgIpc) is 3.31. The smallest absolute Gasteiger partial charge is 0.281 e. The van der Waals surface area contributed by atoms with E-state index in [1.165, 1.54) is 11.3 Å². The summed E-state index contributed by atoms with van der Waals surface area (Å²) in [6.45, 7) is 5.98. The number of likely N-dealkylation sites (tertiary alicyclic amines) is 1. The molecule has 2 aliphatic rings. The van der Waals surface area contributed by atoms with Gasteiger partial charge in [0.25, 0.3) is 5.91 Å². The maximum Gasteiger partial charge on any atom is 0.281 e. The number of benzene rings is 2. The van der Waals surface area contributed by atoms with Crippen LogP contribution in [0.2, 0.25) is 0 Å². The number of aromatic nitrogens is 1. The third kappa shape index (κ3) is 4.65. The van der Waals surface area contributed by atoms with E-state index in [0.29, 0.717) is 10.8 Å². The fourth-order valence-electron chi connectivity index (χ4n) is 4.72. The Labute approximate surface area is 218 Å². The van der Waals surface area contributed by atoms with Crippen LogP contribution in [-0.2, 0) is 16.1 Å². The molecule has 2 amide bonds. The Bertz CT molecular complexity index is 1390. The van der Waals surface area contributed by atoms with Gasteiger partial charge in [0.05, 0.1) is 5.69 Å². The van der Waals surface area contributed by atoms with E-state index in [2.05, 4.69) is 21.2 Å². The lowest BCUT2D eigenvalue weighted by atomic mass is 10.1. The van der Waals surface area contributed by atoms with E-state index in [4.69, 9.17) is 12.2 Å². The van der Waals surface area contributed by atoms with Crippen molar-refractivity contribution in [1.82, 2.24) is 14.8 Å². The molecule has 0 bridgehead atoms. The number of hydrogen-bond acceptors (Lipinski definition) is 3. The minimum Gasteiger partial charge on any atom is -0.341 e. The van der Waals surface area contributed by atoms with Crippen LogP contribution >= 0.6 is 28.1 Å². The van der Waals surface area contributed by atoms with Gasteiger partial charge in [0, 0.05) is 40.2 Å². The van der Waals surface area contributed by atoms with Gasteiger partial charge in [-0.2, -0.15) is 0 Å². The molecule has 2 saturated heterocycles. The Kier molecular flexibility index (Phi) is 6.51. The molecule has 0 radical (unpaired) electrons. The van der Waals surface area contributed by atoms with E-state index >= 15 is 0 Å². The zero-order valence-electron chi connectivity index (χ0n) is 19.8. The number of carbonyl (C=O) groups is 2. The molecule has 0 unspecified atom stereocenters. The SMILES string of the molecule is Cc1ccc(N2C(=O)/C(=C/c3cn(CC(=O)N4CCCCC4)c4ccc(Br)cc34)NC2=S)cc1C. The Morgan fingerprint density at radius 1 is 1.09 bits per heavy atom. The molecule has 0 saturated carbocycles. The summed E-state index contributed by atoms with van der Waals surface area (Å²) in [6.07, 6.45) is 7.08. The van der Waals surface area contributed by atoms with Gasteiger partial charge < -0.3 is 14.8 Å². The Morgan fingerprint density at radius 3 is 2.60 bits per heavy atom. The number of aryl methyl sites for hydroxylation is 2. The average molecular weight is 552 g/mol. The molecule has 8 heteroatoms. The summed E-state index contributed by atoms with van der Waals surface area (Å²) in [7, 11) is 0. The fourth-order valence-corrected chi connectivity index (χ4v) is 5.38. The quantitative estimate of drug-likeness (QED) is 0.354. The minimum absolute atomic E-state index is 0.126. The zero-order chi connectivity index (χ0) is 24.7. The minimum atomic E-state index is -0.196. The number of halogens is 1. The molecule has 1 N–H and O–H groups in total. The zero-order valence-corrected chi connectivity index (χ0v) is 22.2. The molecule has 180 valence electrons. The molecule has 2 fully saturated rings. The number of nitrogens with one attached hydrogen (secondary N) is 1. The third-order valence-electron chi connectivity index (χ3n) is 6.82. The highest BCUT2D eigenvalue weighted by molar-refractivity contribution is 9.10. The highest BCUT2D eigenvalue weighted by atomic mass is 79.9. The predicted octanol–water partition coefficient (Wildman–Crippen LogP) is 5.30. The molecule has 0 aliphatic carbocycles. The van der Waals surface area contributed by atoms with Crippen LogP contribution in [0.15, 0.2) is 52.8 Å². The van der Waals surface area contributed by atoms with E-state index in [0.717, 1.165) is 63.7 Å². The van der Waals surface area contributed by atoms with Gasteiger partial charge >= 0.3 is 0 Å². The van der Waals surface area contributed by atoms with Gasteiger partial charge in [0.15, 0.2) is 5.11 Å². The number of hydrogen-bond donors (Lipinski definition) is 1. The lowest BCUT2D eigenvalue weighted by molar-refractivity contribution is -0.132. The molecule has 0 atom stereocenters. The summed E-state index contributed by atoms with van der Waals surface area (Å²) in [4.78, 5) is 29.8. The van der Waals surface area contributed by atoms with Crippen LogP contribution in [0, 0.1) is 13.8 Å². The first-order chi connectivity index (χ1) is 16.8. The van der Waals surface area contributed by atoms with E-state index in [-0.39, 0.29) is 18.4 Å². The second-order valence-electron chi connectivity index (χ2n) is 9.21. The number of piperidine rings is 1. The molecule has 6 nitrogen and oxygen atoms in total. The highest BCUT2D eigenvalue weighted by Crippen LogP contribution is 2.29. The summed E-state index contributed by atoms with van der Waals surface area (Å²) in [6, 6.07) is 11.9. The summed E-state index contributed by atoms with van der Waals surface area (Å²) in [5, 5.41) is 4.41. The van der Waals surface area contributed by atoms with Gasteiger partial charge in [0.2, 0.25) is 5.91 Å². The molecular formula is C27H27BrN4O2S. The van der Waals surface area contributed by atoms with E-state index < -0.39 is 0 Å². The van der Waals surface area contributed by atoms with Gasteiger partial charge in [-0.15, -0.1) is 0 Å². The molecule has 2 aromatic carbocycles. The van der Waals surface area contributed by atoms with Crippen molar-refractivity contribution in [3.63, 3.8) is 0 Å². The topological polar surface area (TPSA) is 57.6 Å². The monoisotopic (exact) mass is 550 g/mol. The van der Waals surface area contributed by atoms with Gasteiger partial charge in [-0.3, -0.25) is 14.5 Å².